The van der Waals surface area contributed by atoms with E-state index in [2.05, 4.69) is 31.2 Å². The van der Waals surface area contributed by atoms with E-state index >= 15 is 0 Å². The van der Waals surface area contributed by atoms with E-state index in [-0.39, 0.29) is 24.1 Å². The van der Waals surface area contributed by atoms with Gasteiger partial charge in [-0.3, -0.25) is 18.7 Å². The van der Waals surface area contributed by atoms with Crippen molar-refractivity contribution in [1.29, 1.82) is 0 Å². The van der Waals surface area contributed by atoms with Crippen molar-refractivity contribution in [2.75, 3.05) is 6.54 Å². The van der Waals surface area contributed by atoms with Crippen molar-refractivity contribution in [1.82, 2.24) is 14.0 Å². The second kappa shape index (κ2) is 7.09. The lowest BCUT2D eigenvalue weighted by Crippen LogP contribution is -2.43. The van der Waals surface area contributed by atoms with Gasteiger partial charge in [-0.25, -0.2) is 4.79 Å². The van der Waals surface area contributed by atoms with E-state index in [1.54, 1.807) is 0 Å². The number of hydrogen-bond donors (Lipinski definition) is 0. The van der Waals surface area contributed by atoms with Gasteiger partial charge in [0.2, 0.25) is 5.91 Å². The quantitative estimate of drug-likeness (QED) is 0.836. The Hall–Kier alpha value is -2.63. The lowest BCUT2D eigenvalue weighted by Gasteiger charge is -2.25. The van der Waals surface area contributed by atoms with Gasteiger partial charge in [0.05, 0.1) is 0 Å². The average Bonchev–Trinajstić information content (AvgIpc) is 3.06. The number of nitrogens with zero attached hydrogens (tertiary/aromatic N) is 3. The molecule has 0 saturated carbocycles. The molecule has 1 aromatic carbocycles. The Bertz CT molecular complexity index is 880. The number of likely N-dealkylation sites (tertiary alicyclic amines) is 1. The minimum Gasteiger partial charge on any atom is -0.338 e. The van der Waals surface area contributed by atoms with E-state index in [1.165, 1.54) is 35.0 Å². The maximum atomic E-state index is 12.7. The SMILES string of the molecule is Cc1ccc(C[C@H]2CCCN2C(=O)Cn2ccc(=O)n(C)c2=O)cc1. The maximum absolute atomic E-state index is 12.7. The largest absolute Gasteiger partial charge is 0.338 e. The second-order valence-corrected chi connectivity index (χ2v) is 6.70. The molecule has 132 valence electrons. The Morgan fingerprint density at radius 1 is 1.16 bits per heavy atom. The zero-order valence-corrected chi connectivity index (χ0v) is 14.6. The zero-order chi connectivity index (χ0) is 18.0. The normalized spacial score (nSPS) is 17.0. The summed E-state index contributed by atoms with van der Waals surface area (Å²) >= 11 is 0. The molecule has 0 unspecified atom stereocenters. The first-order valence-electron chi connectivity index (χ1n) is 8.57. The topological polar surface area (TPSA) is 64.3 Å². The molecular formula is C19H23N3O3. The Morgan fingerprint density at radius 2 is 1.88 bits per heavy atom. The molecule has 25 heavy (non-hydrogen) atoms. The fourth-order valence-corrected chi connectivity index (χ4v) is 3.35. The van der Waals surface area contributed by atoms with Crippen LogP contribution < -0.4 is 11.2 Å². The number of aryl methyl sites for hydroxylation is 1. The van der Waals surface area contributed by atoms with Gasteiger partial charge in [-0.05, 0) is 31.7 Å². The van der Waals surface area contributed by atoms with E-state index < -0.39 is 5.69 Å². The molecule has 0 aliphatic carbocycles. The average molecular weight is 341 g/mol. The Morgan fingerprint density at radius 3 is 2.60 bits per heavy atom. The number of amides is 1. The van der Waals surface area contributed by atoms with Gasteiger partial charge in [0, 0.05) is 31.9 Å². The van der Waals surface area contributed by atoms with Gasteiger partial charge in [-0.15, -0.1) is 0 Å². The summed E-state index contributed by atoms with van der Waals surface area (Å²) in [4.78, 5) is 38.1. The van der Waals surface area contributed by atoms with E-state index in [9.17, 15) is 14.4 Å². The Kier molecular flexibility index (Phi) is 4.88. The third-order valence-corrected chi connectivity index (χ3v) is 4.86. The molecule has 2 aromatic rings. The van der Waals surface area contributed by atoms with Gasteiger partial charge in [0.15, 0.2) is 0 Å². The molecule has 1 atom stereocenters. The van der Waals surface area contributed by atoms with Gasteiger partial charge < -0.3 is 4.90 Å². The van der Waals surface area contributed by atoms with E-state index in [0.717, 1.165) is 30.4 Å². The van der Waals surface area contributed by atoms with Crippen molar-refractivity contribution in [3.63, 3.8) is 0 Å². The molecule has 1 aliphatic rings. The van der Waals surface area contributed by atoms with Crippen molar-refractivity contribution in [3.05, 3.63) is 68.5 Å². The molecule has 1 aliphatic heterocycles. The first kappa shape index (κ1) is 17.2. The summed E-state index contributed by atoms with van der Waals surface area (Å²) in [6.07, 6.45) is 4.17. The van der Waals surface area contributed by atoms with Crippen LogP contribution in [0.3, 0.4) is 0 Å². The summed E-state index contributed by atoms with van der Waals surface area (Å²) in [5.41, 5.74) is 1.61. The van der Waals surface area contributed by atoms with Crippen molar-refractivity contribution in [2.45, 2.75) is 38.8 Å². The summed E-state index contributed by atoms with van der Waals surface area (Å²) < 4.78 is 2.31. The summed E-state index contributed by atoms with van der Waals surface area (Å²) in [5.74, 6) is -0.0737. The number of carbonyl (C=O) groups excluding carboxylic acids is 1. The van der Waals surface area contributed by atoms with Gasteiger partial charge >= 0.3 is 5.69 Å². The Balaban J connectivity index is 1.72. The van der Waals surface area contributed by atoms with Crippen LogP contribution in [0.2, 0.25) is 0 Å². The predicted molar refractivity (Wildman–Crippen MR) is 95.6 cm³/mol. The molecule has 1 saturated heterocycles. The predicted octanol–water partition coefficient (Wildman–Crippen LogP) is 1.09. The van der Waals surface area contributed by atoms with Crippen LogP contribution >= 0.6 is 0 Å². The number of hydrogen-bond acceptors (Lipinski definition) is 3. The zero-order valence-electron chi connectivity index (χ0n) is 14.6. The van der Waals surface area contributed by atoms with Crippen LogP contribution in [-0.2, 0) is 24.8 Å². The fourth-order valence-electron chi connectivity index (χ4n) is 3.35. The van der Waals surface area contributed by atoms with Crippen LogP contribution in [0.5, 0.6) is 0 Å². The van der Waals surface area contributed by atoms with E-state index in [0.29, 0.717) is 0 Å². The molecule has 0 radical (unpaired) electrons. The van der Waals surface area contributed by atoms with E-state index in [1.807, 2.05) is 4.90 Å². The van der Waals surface area contributed by atoms with Crippen LogP contribution in [0, 0.1) is 6.92 Å². The molecule has 0 spiro atoms. The monoisotopic (exact) mass is 341 g/mol. The molecule has 1 aromatic heterocycles. The maximum Gasteiger partial charge on any atom is 0.331 e. The number of carbonyl (C=O) groups is 1. The highest BCUT2D eigenvalue weighted by atomic mass is 16.2. The van der Waals surface area contributed by atoms with Gasteiger partial charge in [0.1, 0.15) is 6.54 Å². The second-order valence-electron chi connectivity index (χ2n) is 6.70. The minimum absolute atomic E-state index is 0.0304. The summed E-state index contributed by atoms with van der Waals surface area (Å²) in [5, 5.41) is 0. The highest BCUT2D eigenvalue weighted by molar-refractivity contribution is 5.76. The van der Waals surface area contributed by atoms with Crippen LogP contribution in [0.15, 0.2) is 46.1 Å². The molecule has 2 heterocycles. The van der Waals surface area contributed by atoms with Crippen molar-refractivity contribution >= 4 is 5.91 Å². The smallest absolute Gasteiger partial charge is 0.331 e. The molecule has 6 nitrogen and oxygen atoms in total. The van der Waals surface area contributed by atoms with Crippen molar-refractivity contribution in [3.8, 4) is 0 Å². The highest BCUT2D eigenvalue weighted by Crippen LogP contribution is 2.21. The number of rotatable bonds is 4. The standard InChI is InChI=1S/C19H23N3O3/c1-14-5-7-15(8-6-14)12-16-4-3-10-22(16)18(24)13-21-11-9-17(23)20(2)19(21)25/h5-9,11,16H,3-4,10,12-13H2,1-2H3/t16-/m1/s1. The third kappa shape index (κ3) is 3.73. The van der Waals surface area contributed by atoms with Crippen LogP contribution in [-0.4, -0.2) is 32.5 Å². The van der Waals surface area contributed by atoms with Crippen LogP contribution in [0.25, 0.3) is 0 Å². The highest BCUT2D eigenvalue weighted by Gasteiger charge is 2.28. The van der Waals surface area contributed by atoms with Gasteiger partial charge in [-0.2, -0.15) is 0 Å². The summed E-state index contributed by atoms with van der Waals surface area (Å²) in [7, 11) is 1.42. The summed E-state index contributed by atoms with van der Waals surface area (Å²) in [6, 6.07) is 9.85. The van der Waals surface area contributed by atoms with Crippen LogP contribution in [0.4, 0.5) is 0 Å². The van der Waals surface area contributed by atoms with E-state index in [4.69, 9.17) is 0 Å². The third-order valence-electron chi connectivity index (χ3n) is 4.86. The molecule has 6 heteroatoms. The number of benzene rings is 1. The number of aromatic nitrogens is 2. The molecular weight excluding hydrogens is 318 g/mol. The molecule has 0 bridgehead atoms. The fraction of sp³-hybridized carbons (Fsp3) is 0.421. The minimum atomic E-state index is -0.463. The molecule has 1 fully saturated rings. The molecule has 3 rings (SSSR count). The first-order valence-corrected chi connectivity index (χ1v) is 8.57. The summed E-state index contributed by atoms with van der Waals surface area (Å²) in [6.45, 7) is 2.74. The van der Waals surface area contributed by atoms with Gasteiger partial charge in [-0.1, -0.05) is 29.8 Å². The molecule has 0 N–H and O–H groups in total. The van der Waals surface area contributed by atoms with Crippen molar-refractivity contribution < 1.29 is 4.79 Å². The van der Waals surface area contributed by atoms with Crippen LogP contribution in [0.1, 0.15) is 24.0 Å². The van der Waals surface area contributed by atoms with Crippen molar-refractivity contribution in [2.24, 2.45) is 7.05 Å². The lowest BCUT2D eigenvalue weighted by atomic mass is 10.0. The van der Waals surface area contributed by atoms with Gasteiger partial charge in [0.25, 0.3) is 5.56 Å². The molecule has 1 amide bonds. The lowest BCUT2D eigenvalue weighted by molar-refractivity contribution is -0.132. The Labute approximate surface area is 146 Å². The first-order chi connectivity index (χ1) is 12.0.